The van der Waals surface area contributed by atoms with Crippen molar-refractivity contribution < 1.29 is 91.4 Å². The number of H-pyrrole nitrogens is 1. The number of aliphatic hydroxyl groups excluding tert-OH is 1. The highest BCUT2D eigenvalue weighted by Gasteiger charge is 2.40. The summed E-state index contributed by atoms with van der Waals surface area (Å²) in [5.41, 5.74) is 32.7. The van der Waals surface area contributed by atoms with Gasteiger partial charge < -0.3 is 113 Å². The fourth-order valence-electron chi connectivity index (χ4n) is 11.8. The molecule has 17 amide bonds. The van der Waals surface area contributed by atoms with Crippen molar-refractivity contribution >= 4 is 134 Å². The maximum Gasteiger partial charge on any atom is 0.245 e. The van der Waals surface area contributed by atoms with Crippen LogP contribution in [-0.4, -0.2) is 214 Å². The van der Waals surface area contributed by atoms with E-state index in [1.807, 2.05) is 6.07 Å². The van der Waals surface area contributed by atoms with Crippen molar-refractivity contribution in [2.45, 2.75) is 177 Å². The Labute approximate surface area is 653 Å². The predicted molar refractivity (Wildman–Crippen MR) is 411 cm³/mol. The number of thioether (sulfide) groups is 1. The first kappa shape index (κ1) is 89.6. The van der Waals surface area contributed by atoms with Gasteiger partial charge in [-0.05, 0) is 97.9 Å². The Bertz CT molecular complexity index is 4310. The molecule has 0 bridgehead atoms. The summed E-state index contributed by atoms with van der Waals surface area (Å²) < 4.78 is 5.69. The van der Waals surface area contributed by atoms with Gasteiger partial charge in [-0.25, -0.2) is 0 Å². The van der Waals surface area contributed by atoms with Gasteiger partial charge in [-0.3, -0.25) is 81.5 Å². The van der Waals surface area contributed by atoms with Crippen molar-refractivity contribution in [3.8, 4) is 5.75 Å². The molecule has 0 saturated carbocycles. The summed E-state index contributed by atoms with van der Waals surface area (Å²) in [5.74, 6) is -17.3. The Morgan fingerprint density at radius 3 is 1.79 bits per heavy atom. The van der Waals surface area contributed by atoms with Gasteiger partial charge in [0, 0.05) is 87.8 Å². The minimum absolute atomic E-state index is 0.120. The standard InChI is InChI=1S/C74H99N19O19S/c1-38(94)62-72(110)89-54(34-44-36-82-47-12-8-7-11-46(44)47)69(107)85-48(19-22-57(76)96)64(102)90-56(37-113-30-26-51(83-39(2)95)66(104)84-49(67(105)92-62)20-23-58(77)97)70(108)86-52(32-40-14-17-45(18-15-40)112-29-27-75)68(106)87-53(33-41-13-16-42-9-5-6-10-43(42)31-41)71(109)93-74(3,4)73(111)91-50(21-24-59(78)98)65(103)88-55(35-61(80)100)63(101)81-28-25-60(79)99/h5-18,31,36,38,48-56,62,82,94H,19-30,32-35,37,75H2,1-4H3,(H2,76,96)(H2,77,97)(H2,78,98)(H2,79,99)(H2,80,100)(H,81,101)(H,83,95)(H,84,104)(H,85,107)(H,86,108)(H,87,106)(H,88,103)(H,89,110)(H,90,102)(H,91,111)(H,92,105)(H,93,109)/t38-,48+,49+,50+,51+,52+,53+,54+,55+,56+,62+/m1/s1. The third-order valence-electron chi connectivity index (χ3n) is 17.9. The number of amides is 17. The Morgan fingerprint density at radius 1 is 0.593 bits per heavy atom. The second kappa shape index (κ2) is 43.4. The number of aromatic nitrogens is 1. The molecule has 39 heteroatoms. The second-order valence-electron chi connectivity index (χ2n) is 27.5. The number of rotatable bonds is 36. The number of para-hydroxylation sites is 1. The fourth-order valence-corrected chi connectivity index (χ4v) is 12.9. The zero-order valence-corrected chi connectivity index (χ0v) is 63.6. The first-order chi connectivity index (χ1) is 53.5. The largest absolute Gasteiger partial charge is 0.492 e. The molecule has 26 N–H and O–H groups in total. The van der Waals surface area contributed by atoms with E-state index in [-0.39, 0.29) is 57.6 Å². The molecule has 0 radical (unpaired) electrons. The normalized spacial score (nSPS) is 18.7. The Morgan fingerprint density at radius 2 is 1.16 bits per heavy atom. The molecule has 0 spiro atoms. The van der Waals surface area contributed by atoms with Crippen LogP contribution in [-0.2, 0) is 101 Å². The quantitative estimate of drug-likeness (QED) is 0.0178. The number of hydrogen-bond acceptors (Lipinski definition) is 21. The molecule has 5 aromatic rings. The van der Waals surface area contributed by atoms with Crippen molar-refractivity contribution in [2.75, 3.05) is 31.2 Å². The third-order valence-corrected chi connectivity index (χ3v) is 19.0. The zero-order valence-electron chi connectivity index (χ0n) is 62.8. The summed E-state index contributed by atoms with van der Waals surface area (Å²) in [4.78, 5) is 237. The van der Waals surface area contributed by atoms with Crippen LogP contribution in [0.15, 0.2) is 97.2 Å². The van der Waals surface area contributed by atoms with E-state index in [1.54, 1.807) is 91.1 Å². The van der Waals surface area contributed by atoms with E-state index in [0.717, 1.165) is 31.0 Å². The van der Waals surface area contributed by atoms with Gasteiger partial charge in [-0.1, -0.05) is 72.8 Å². The number of aliphatic hydroxyl groups is 1. The number of primary amides is 5. The average molecular weight is 1590 g/mol. The summed E-state index contributed by atoms with van der Waals surface area (Å²) in [6.07, 6.45) is -5.59. The van der Waals surface area contributed by atoms with Gasteiger partial charge in [0.15, 0.2) is 0 Å². The minimum atomic E-state index is -2.05. The highest BCUT2D eigenvalue weighted by atomic mass is 32.2. The molecule has 6 rings (SSSR count). The average Bonchev–Trinajstić information content (AvgIpc) is 1.71. The molecule has 0 unspecified atom stereocenters. The SMILES string of the molecule is CC(=O)N[C@H]1CCSC[C@@H](C(=O)N[C@@H](Cc2ccc(OCCN)cc2)C(=O)N[C@@H](Cc2ccc3ccccc3c2)C(=O)NC(C)(C)C(=O)N[C@@H](CCC(N)=O)C(=O)N[C@@H](CC(N)=O)C(=O)NCCC(N)=O)NC(=O)[C@H](CCC(N)=O)NC(=O)[C@H](Cc2c[nH]c3ccccc23)NC(=O)[C@H]([C@@H](C)O)NC(=O)[C@H](CCC(N)=O)NC1=O. The van der Waals surface area contributed by atoms with Crippen molar-refractivity contribution in [3.05, 3.63) is 114 Å². The van der Waals surface area contributed by atoms with Crippen molar-refractivity contribution in [1.82, 2.24) is 68.8 Å². The highest BCUT2D eigenvalue weighted by molar-refractivity contribution is 7.99. The number of nitrogens with one attached hydrogen (secondary N) is 13. The van der Waals surface area contributed by atoms with E-state index >= 15 is 19.2 Å². The summed E-state index contributed by atoms with van der Waals surface area (Å²) in [6, 6.07) is 8.49. The molecular weight excluding hydrogens is 1490 g/mol. The maximum absolute atomic E-state index is 15.5. The van der Waals surface area contributed by atoms with Gasteiger partial charge in [0.25, 0.3) is 0 Å². The van der Waals surface area contributed by atoms with Crippen LogP contribution in [0.2, 0.25) is 0 Å². The first-order valence-electron chi connectivity index (χ1n) is 36.2. The van der Waals surface area contributed by atoms with Gasteiger partial charge in [0.05, 0.1) is 12.5 Å². The van der Waals surface area contributed by atoms with E-state index in [4.69, 9.17) is 39.1 Å². The van der Waals surface area contributed by atoms with Crippen LogP contribution in [0, 0.1) is 0 Å². The molecule has 1 fully saturated rings. The molecule has 113 heavy (non-hydrogen) atoms. The van der Waals surface area contributed by atoms with E-state index in [2.05, 4.69) is 68.8 Å². The Hall–Kier alpha value is -12.3. The molecule has 1 aliphatic rings. The molecule has 2 heterocycles. The van der Waals surface area contributed by atoms with Crippen molar-refractivity contribution in [2.24, 2.45) is 34.4 Å². The number of carbonyl (C=O) groups is 17. The van der Waals surface area contributed by atoms with Crippen molar-refractivity contribution in [3.63, 3.8) is 0 Å². The molecule has 1 saturated heterocycles. The number of ether oxygens (including phenoxy) is 1. The number of hydrogen-bond donors (Lipinski definition) is 20. The van der Waals surface area contributed by atoms with E-state index in [1.165, 1.54) is 13.8 Å². The second-order valence-corrected chi connectivity index (χ2v) is 28.7. The summed E-state index contributed by atoms with van der Waals surface area (Å²) in [6.45, 7) is 4.68. The molecule has 38 nitrogen and oxygen atoms in total. The molecule has 1 aliphatic heterocycles. The van der Waals surface area contributed by atoms with Gasteiger partial charge >= 0.3 is 0 Å². The summed E-state index contributed by atoms with van der Waals surface area (Å²) >= 11 is 0.921. The monoisotopic (exact) mass is 1590 g/mol. The van der Waals surface area contributed by atoms with Crippen LogP contribution in [0.1, 0.15) is 102 Å². The van der Waals surface area contributed by atoms with Gasteiger partial charge in [-0.15, -0.1) is 0 Å². The van der Waals surface area contributed by atoms with E-state index in [0.29, 0.717) is 38.7 Å². The smallest absolute Gasteiger partial charge is 0.245 e. The van der Waals surface area contributed by atoms with Gasteiger partial charge in [0.2, 0.25) is 100 Å². The lowest BCUT2D eigenvalue weighted by Gasteiger charge is -2.31. The molecule has 610 valence electrons. The summed E-state index contributed by atoms with van der Waals surface area (Å²) in [5, 5.41) is 43.4. The zero-order chi connectivity index (χ0) is 83.2. The Kier molecular flexibility index (Phi) is 34.4. The summed E-state index contributed by atoms with van der Waals surface area (Å²) in [7, 11) is 0. The highest BCUT2D eigenvalue weighted by Crippen LogP contribution is 2.23. The lowest BCUT2D eigenvalue weighted by Crippen LogP contribution is -2.64. The van der Waals surface area contributed by atoms with E-state index < -0.39 is 223 Å². The Balaban J connectivity index is 1.42. The molecule has 0 aliphatic carbocycles. The van der Waals surface area contributed by atoms with Crippen LogP contribution >= 0.6 is 11.8 Å². The molecule has 1 aromatic heterocycles. The fraction of sp³-hybridized carbons (Fsp3) is 0.446. The van der Waals surface area contributed by atoms with E-state index in [9.17, 15) is 67.4 Å². The van der Waals surface area contributed by atoms with Crippen LogP contribution in [0.5, 0.6) is 5.75 Å². The molecule has 4 aromatic carbocycles. The molecular formula is C74H99N19O19S. The third kappa shape index (κ3) is 29.2. The van der Waals surface area contributed by atoms with Crippen LogP contribution in [0.25, 0.3) is 21.7 Å². The number of aromatic amines is 1. The van der Waals surface area contributed by atoms with Gasteiger partial charge in [0.1, 0.15) is 78.3 Å². The lowest BCUT2D eigenvalue weighted by atomic mass is 9.97. The van der Waals surface area contributed by atoms with Crippen LogP contribution in [0.3, 0.4) is 0 Å². The van der Waals surface area contributed by atoms with Crippen LogP contribution in [0.4, 0.5) is 0 Å². The maximum atomic E-state index is 15.5. The topological polar surface area (TPSA) is 636 Å². The molecule has 11 atom stereocenters. The van der Waals surface area contributed by atoms with Gasteiger partial charge in [-0.2, -0.15) is 11.8 Å². The first-order valence-corrected chi connectivity index (χ1v) is 37.4. The number of fused-ring (bicyclic) bond motifs is 2. The number of benzene rings is 4. The number of carbonyl (C=O) groups excluding carboxylic acids is 17. The van der Waals surface area contributed by atoms with Crippen molar-refractivity contribution in [1.29, 1.82) is 0 Å². The predicted octanol–water partition coefficient (Wildman–Crippen LogP) is -5.37. The van der Waals surface area contributed by atoms with Crippen LogP contribution < -0.4 is 103 Å². The lowest BCUT2D eigenvalue weighted by molar-refractivity contribution is -0.138. The number of nitrogens with two attached hydrogens (primary N) is 6. The minimum Gasteiger partial charge on any atom is -0.492 e.